The zero-order valence-electron chi connectivity index (χ0n) is 12.1. The van der Waals surface area contributed by atoms with Crippen LogP contribution in [-0.2, 0) is 4.79 Å². The molecule has 0 saturated carbocycles. The van der Waals surface area contributed by atoms with Gasteiger partial charge in [-0.2, -0.15) is 4.98 Å². The van der Waals surface area contributed by atoms with Gasteiger partial charge in [0.25, 0.3) is 0 Å². The van der Waals surface area contributed by atoms with E-state index in [2.05, 4.69) is 4.98 Å². The second-order valence-corrected chi connectivity index (χ2v) is 5.78. The first-order valence-corrected chi connectivity index (χ1v) is 7.61. The molecule has 0 aliphatic carbocycles. The molecule has 23 heavy (non-hydrogen) atoms. The topological polar surface area (TPSA) is 55.2 Å². The zero-order chi connectivity index (χ0) is 16.0. The highest BCUT2D eigenvalue weighted by Crippen LogP contribution is 2.30. The van der Waals surface area contributed by atoms with Gasteiger partial charge in [-0.05, 0) is 30.3 Å². The number of anilines is 1. The maximum atomic E-state index is 12.6. The van der Waals surface area contributed by atoms with E-state index < -0.39 is 5.69 Å². The summed E-state index contributed by atoms with van der Waals surface area (Å²) in [5, 5.41) is 1.25. The molecule has 1 fully saturated rings. The van der Waals surface area contributed by atoms with Crippen LogP contribution in [0.3, 0.4) is 0 Å². The minimum Gasteiger partial charge on any atom is -0.296 e. The number of fused-ring (bicyclic) bond motifs is 1. The molecule has 0 spiro atoms. The maximum absolute atomic E-state index is 12.6. The first-order valence-electron chi connectivity index (χ1n) is 7.23. The van der Waals surface area contributed by atoms with Crippen LogP contribution in [0, 0.1) is 0 Å². The lowest BCUT2D eigenvalue weighted by Gasteiger charge is -2.30. The van der Waals surface area contributed by atoms with Crippen molar-refractivity contribution in [2.75, 3.05) is 11.4 Å². The molecule has 0 bridgehead atoms. The van der Waals surface area contributed by atoms with E-state index in [1.165, 1.54) is 9.47 Å². The Hall–Kier alpha value is -2.66. The third-order valence-corrected chi connectivity index (χ3v) is 4.19. The number of β-lactam (4-membered cyclic amide) rings is 1. The van der Waals surface area contributed by atoms with Gasteiger partial charge in [0.15, 0.2) is 0 Å². The molecule has 2 aromatic carbocycles. The van der Waals surface area contributed by atoms with Gasteiger partial charge in [-0.15, -0.1) is 0 Å². The summed E-state index contributed by atoms with van der Waals surface area (Å²) in [7, 11) is 0. The Morgan fingerprint density at radius 2 is 1.83 bits per heavy atom. The third kappa shape index (κ3) is 2.21. The predicted molar refractivity (Wildman–Crippen MR) is 89.3 cm³/mol. The molecule has 6 heteroatoms. The highest BCUT2D eigenvalue weighted by molar-refractivity contribution is 6.31. The minimum absolute atomic E-state index is 0.0226. The molecule has 0 unspecified atom stereocenters. The van der Waals surface area contributed by atoms with Gasteiger partial charge in [-0.3, -0.25) is 14.3 Å². The van der Waals surface area contributed by atoms with Gasteiger partial charge in [0, 0.05) is 23.4 Å². The van der Waals surface area contributed by atoms with Crippen LogP contribution in [0.4, 0.5) is 5.82 Å². The van der Waals surface area contributed by atoms with Crippen LogP contribution < -0.4 is 10.6 Å². The standard InChI is InChI=1S/C17H12ClN3O2/c18-11-6-7-13-14(10-11)21(12-4-2-1-3-5-12)17(23)19-16(13)20-9-8-15(20)22/h1-7,10H,8-9H2. The Morgan fingerprint density at radius 1 is 1.04 bits per heavy atom. The first-order chi connectivity index (χ1) is 11.1. The molecule has 5 nitrogen and oxygen atoms in total. The quantitative estimate of drug-likeness (QED) is 0.681. The van der Waals surface area contributed by atoms with Gasteiger partial charge in [-0.25, -0.2) is 4.79 Å². The molecular weight excluding hydrogens is 314 g/mol. The Bertz CT molecular complexity index is 982. The van der Waals surface area contributed by atoms with E-state index in [0.29, 0.717) is 35.0 Å². The molecule has 3 aromatic rings. The predicted octanol–water partition coefficient (Wildman–Crippen LogP) is 2.78. The van der Waals surface area contributed by atoms with Gasteiger partial charge in [-0.1, -0.05) is 29.8 Å². The van der Waals surface area contributed by atoms with E-state index in [1.54, 1.807) is 18.2 Å². The van der Waals surface area contributed by atoms with Gasteiger partial charge < -0.3 is 0 Å². The molecule has 0 radical (unpaired) electrons. The maximum Gasteiger partial charge on any atom is 0.354 e. The number of carbonyl (C=O) groups is 1. The Balaban J connectivity index is 2.07. The van der Waals surface area contributed by atoms with Crippen molar-refractivity contribution in [3.63, 3.8) is 0 Å². The second kappa shape index (κ2) is 5.21. The molecule has 4 rings (SSSR count). The van der Waals surface area contributed by atoms with Crippen molar-refractivity contribution in [2.45, 2.75) is 6.42 Å². The van der Waals surface area contributed by atoms with E-state index in [9.17, 15) is 9.59 Å². The monoisotopic (exact) mass is 325 g/mol. The number of amides is 1. The fourth-order valence-electron chi connectivity index (χ4n) is 2.75. The average Bonchev–Trinajstić information content (AvgIpc) is 2.54. The summed E-state index contributed by atoms with van der Waals surface area (Å²) in [6, 6.07) is 14.5. The van der Waals surface area contributed by atoms with E-state index >= 15 is 0 Å². The van der Waals surface area contributed by atoms with E-state index in [-0.39, 0.29) is 5.91 Å². The summed E-state index contributed by atoms with van der Waals surface area (Å²) in [5.74, 6) is 0.385. The lowest BCUT2D eigenvalue weighted by molar-refractivity contribution is -0.122. The number of rotatable bonds is 2. The van der Waals surface area contributed by atoms with Crippen molar-refractivity contribution >= 4 is 34.2 Å². The van der Waals surface area contributed by atoms with E-state index in [0.717, 1.165) is 5.39 Å². The Morgan fingerprint density at radius 3 is 2.48 bits per heavy atom. The van der Waals surface area contributed by atoms with Crippen molar-refractivity contribution in [1.29, 1.82) is 0 Å². The third-order valence-electron chi connectivity index (χ3n) is 3.95. The van der Waals surface area contributed by atoms with Crippen LogP contribution in [0.1, 0.15) is 6.42 Å². The molecule has 1 aliphatic rings. The van der Waals surface area contributed by atoms with Gasteiger partial charge in [0.1, 0.15) is 5.82 Å². The summed E-state index contributed by atoms with van der Waals surface area (Å²) < 4.78 is 1.51. The van der Waals surface area contributed by atoms with Gasteiger partial charge in [0.05, 0.1) is 11.2 Å². The van der Waals surface area contributed by atoms with Crippen LogP contribution in [-0.4, -0.2) is 22.0 Å². The highest BCUT2D eigenvalue weighted by Gasteiger charge is 2.29. The number of hydrogen-bond acceptors (Lipinski definition) is 3. The van der Waals surface area contributed by atoms with Crippen LogP contribution in [0.15, 0.2) is 53.3 Å². The number of para-hydroxylation sites is 1. The Kier molecular flexibility index (Phi) is 3.16. The SMILES string of the molecule is O=C1CCN1c1nc(=O)n(-c2ccccc2)c2cc(Cl)ccc12. The van der Waals surface area contributed by atoms with Crippen LogP contribution >= 0.6 is 11.6 Å². The molecule has 1 aliphatic heterocycles. The van der Waals surface area contributed by atoms with Crippen LogP contribution in [0.5, 0.6) is 0 Å². The van der Waals surface area contributed by atoms with Crippen molar-refractivity contribution in [1.82, 2.24) is 9.55 Å². The summed E-state index contributed by atoms with van der Waals surface area (Å²) in [5.41, 5.74) is 0.915. The lowest BCUT2D eigenvalue weighted by atomic mass is 10.1. The van der Waals surface area contributed by atoms with Crippen molar-refractivity contribution < 1.29 is 4.79 Å². The molecule has 2 heterocycles. The first kappa shape index (κ1) is 14.0. The molecule has 1 saturated heterocycles. The van der Waals surface area contributed by atoms with Crippen molar-refractivity contribution in [3.05, 3.63) is 64.0 Å². The summed E-state index contributed by atoms with van der Waals surface area (Å²) in [6.45, 7) is 0.582. The van der Waals surface area contributed by atoms with Crippen LogP contribution in [0.25, 0.3) is 16.6 Å². The van der Waals surface area contributed by atoms with Gasteiger partial charge in [0.2, 0.25) is 5.91 Å². The Labute approximate surface area is 136 Å². The molecule has 0 N–H and O–H groups in total. The molecule has 1 amide bonds. The number of nitrogens with zero attached hydrogens (tertiary/aromatic N) is 3. The average molecular weight is 326 g/mol. The minimum atomic E-state index is -0.430. The smallest absolute Gasteiger partial charge is 0.296 e. The molecular formula is C17H12ClN3O2. The second-order valence-electron chi connectivity index (χ2n) is 5.35. The normalized spacial score (nSPS) is 14.1. The van der Waals surface area contributed by atoms with Gasteiger partial charge >= 0.3 is 5.69 Å². The number of benzene rings is 2. The van der Waals surface area contributed by atoms with Crippen molar-refractivity contribution in [2.24, 2.45) is 0 Å². The highest BCUT2D eigenvalue weighted by atomic mass is 35.5. The molecule has 1 aromatic heterocycles. The molecule has 0 atom stereocenters. The van der Waals surface area contributed by atoms with Crippen molar-refractivity contribution in [3.8, 4) is 5.69 Å². The number of carbonyl (C=O) groups excluding carboxylic acids is 1. The fraction of sp³-hybridized carbons (Fsp3) is 0.118. The number of hydrogen-bond donors (Lipinski definition) is 0. The van der Waals surface area contributed by atoms with Crippen LogP contribution in [0.2, 0.25) is 5.02 Å². The number of aromatic nitrogens is 2. The van der Waals surface area contributed by atoms with E-state index in [4.69, 9.17) is 11.6 Å². The lowest BCUT2D eigenvalue weighted by Crippen LogP contribution is -2.45. The molecule has 114 valence electrons. The summed E-state index contributed by atoms with van der Waals surface area (Å²) in [6.07, 6.45) is 0.485. The van der Waals surface area contributed by atoms with E-state index in [1.807, 2.05) is 30.3 Å². The number of halogens is 1. The summed E-state index contributed by atoms with van der Waals surface area (Å²) >= 11 is 6.12. The fourth-order valence-corrected chi connectivity index (χ4v) is 2.92. The zero-order valence-corrected chi connectivity index (χ0v) is 12.8. The largest absolute Gasteiger partial charge is 0.354 e. The summed E-state index contributed by atoms with van der Waals surface area (Å²) in [4.78, 5) is 30.0.